The van der Waals surface area contributed by atoms with E-state index < -0.39 is 5.82 Å². The van der Waals surface area contributed by atoms with Crippen molar-refractivity contribution in [3.63, 3.8) is 0 Å². The molecule has 0 aliphatic carbocycles. The summed E-state index contributed by atoms with van der Waals surface area (Å²) in [5, 5.41) is 11.6. The molecule has 7 heteroatoms. The molecule has 0 atom stereocenters. The molecule has 0 aliphatic heterocycles. The number of hydrogen-bond acceptors (Lipinski definition) is 4. The number of hydrogen-bond donors (Lipinski definition) is 1. The van der Waals surface area contributed by atoms with E-state index in [0.717, 1.165) is 10.7 Å². The van der Waals surface area contributed by atoms with Crippen molar-refractivity contribution in [1.82, 2.24) is 9.97 Å². The SMILES string of the molecule is N#Cc1ccc(Br)cc1Nc1nc(Cl)ncc1F. The number of nitriles is 1. The molecule has 0 fully saturated rings. The van der Waals surface area contributed by atoms with Crippen LogP contribution >= 0.6 is 27.5 Å². The molecule has 0 saturated carbocycles. The van der Waals surface area contributed by atoms with Crippen LogP contribution in [-0.4, -0.2) is 9.97 Å². The van der Waals surface area contributed by atoms with Crippen LogP contribution in [0.25, 0.3) is 0 Å². The molecule has 0 spiro atoms. The zero-order valence-corrected chi connectivity index (χ0v) is 11.1. The summed E-state index contributed by atoms with van der Waals surface area (Å²) >= 11 is 8.85. The van der Waals surface area contributed by atoms with Crippen molar-refractivity contribution in [2.75, 3.05) is 5.32 Å². The van der Waals surface area contributed by atoms with Gasteiger partial charge in [-0.1, -0.05) is 15.9 Å². The second-order valence-corrected chi connectivity index (χ2v) is 4.52. The van der Waals surface area contributed by atoms with E-state index in [2.05, 4.69) is 31.2 Å². The van der Waals surface area contributed by atoms with E-state index in [1.54, 1.807) is 18.2 Å². The van der Waals surface area contributed by atoms with Gasteiger partial charge in [0.15, 0.2) is 11.6 Å². The molecule has 0 radical (unpaired) electrons. The summed E-state index contributed by atoms with van der Waals surface area (Å²) in [4.78, 5) is 7.22. The van der Waals surface area contributed by atoms with Crippen molar-refractivity contribution in [2.24, 2.45) is 0 Å². The fourth-order valence-corrected chi connectivity index (χ4v) is 1.77. The van der Waals surface area contributed by atoms with Gasteiger partial charge in [0.2, 0.25) is 5.28 Å². The standard InChI is InChI=1S/C11H5BrClFN4/c12-7-2-1-6(4-15)9(3-7)17-10-8(14)5-16-11(13)18-10/h1-3,5H,(H,16,17,18). The maximum atomic E-state index is 13.5. The number of halogens is 3. The van der Waals surface area contributed by atoms with Crippen LogP contribution in [0.15, 0.2) is 28.9 Å². The molecule has 0 saturated heterocycles. The van der Waals surface area contributed by atoms with Gasteiger partial charge in [0.1, 0.15) is 6.07 Å². The van der Waals surface area contributed by atoms with Crippen LogP contribution in [0.5, 0.6) is 0 Å². The summed E-state index contributed by atoms with van der Waals surface area (Å²) < 4.78 is 14.2. The lowest BCUT2D eigenvalue weighted by molar-refractivity contribution is 0.619. The highest BCUT2D eigenvalue weighted by atomic mass is 79.9. The second kappa shape index (κ2) is 5.29. The summed E-state index contributed by atoms with van der Waals surface area (Å²) in [6.45, 7) is 0. The molecule has 0 unspecified atom stereocenters. The van der Waals surface area contributed by atoms with E-state index in [-0.39, 0.29) is 11.1 Å². The summed E-state index contributed by atoms with van der Waals surface area (Å²) in [6, 6.07) is 6.96. The predicted octanol–water partition coefficient (Wildman–Crippen LogP) is 3.65. The average Bonchev–Trinajstić information content (AvgIpc) is 2.34. The van der Waals surface area contributed by atoms with Gasteiger partial charge >= 0.3 is 0 Å². The van der Waals surface area contributed by atoms with Crippen molar-refractivity contribution in [3.05, 3.63) is 45.5 Å². The number of nitrogens with zero attached hydrogens (tertiary/aromatic N) is 3. The molecule has 0 amide bonds. The Morgan fingerprint density at radius 2 is 2.22 bits per heavy atom. The van der Waals surface area contributed by atoms with Gasteiger partial charge in [-0.05, 0) is 29.8 Å². The molecule has 4 nitrogen and oxygen atoms in total. The summed E-state index contributed by atoms with van der Waals surface area (Å²) in [7, 11) is 0. The van der Waals surface area contributed by atoms with Gasteiger partial charge in [0.05, 0.1) is 17.4 Å². The van der Waals surface area contributed by atoms with Gasteiger partial charge in [0.25, 0.3) is 0 Å². The molecule has 0 aliphatic rings. The Labute approximate surface area is 116 Å². The highest BCUT2D eigenvalue weighted by molar-refractivity contribution is 9.10. The predicted molar refractivity (Wildman–Crippen MR) is 69.1 cm³/mol. The Balaban J connectivity index is 2.43. The van der Waals surface area contributed by atoms with Crippen LogP contribution in [0.4, 0.5) is 15.9 Å². The highest BCUT2D eigenvalue weighted by Gasteiger charge is 2.09. The van der Waals surface area contributed by atoms with E-state index in [9.17, 15) is 4.39 Å². The van der Waals surface area contributed by atoms with Gasteiger partial charge in [-0.15, -0.1) is 0 Å². The van der Waals surface area contributed by atoms with Gasteiger partial charge in [-0.2, -0.15) is 10.2 Å². The average molecular weight is 328 g/mol. The Hall–Kier alpha value is -1.71. The van der Waals surface area contributed by atoms with Gasteiger partial charge in [-0.3, -0.25) is 0 Å². The van der Waals surface area contributed by atoms with Crippen molar-refractivity contribution < 1.29 is 4.39 Å². The monoisotopic (exact) mass is 326 g/mol. The molecule has 0 bridgehead atoms. The minimum Gasteiger partial charge on any atom is -0.337 e. The van der Waals surface area contributed by atoms with Crippen LogP contribution in [0.3, 0.4) is 0 Å². The van der Waals surface area contributed by atoms with E-state index in [1.807, 2.05) is 6.07 Å². The Morgan fingerprint density at radius 1 is 1.44 bits per heavy atom. The summed E-state index contributed by atoms with van der Waals surface area (Å²) in [6.07, 6.45) is 0.960. The van der Waals surface area contributed by atoms with Crippen LogP contribution in [0.1, 0.15) is 5.56 Å². The van der Waals surface area contributed by atoms with E-state index in [1.165, 1.54) is 0 Å². The first kappa shape index (κ1) is 12.7. The van der Waals surface area contributed by atoms with Crippen molar-refractivity contribution >= 4 is 39.0 Å². The smallest absolute Gasteiger partial charge is 0.224 e. The van der Waals surface area contributed by atoms with E-state index in [4.69, 9.17) is 16.9 Å². The Morgan fingerprint density at radius 3 is 2.94 bits per heavy atom. The molecule has 2 rings (SSSR count). The fourth-order valence-electron chi connectivity index (χ4n) is 1.28. The van der Waals surface area contributed by atoms with Crippen molar-refractivity contribution in [1.29, 1.82) is 5.26 Å². The molecule has 90 valence electrons. The zero-order chi connectivity index (χ0) is 13.1. The molecule has 1 heterocycles. The number of benzene rings is 1. The Bertz CT molecular complexity index is 641. The van der Waals surface area contributed by atoms with E-state index in [0.29, 0.717) is 11.3 Å². The summed E-state index contributed by atoms with van der Waals surface area (Å²) in [5.74, 6) is -0.729. The van der Waals surface area contributed by atoms with Crippen LogP contribution in [-0.2, 0) is 0 Å². The second-order valence-electron chi connectivity index (χ2n) is 3.26. The maximum Gasteiger partial charge on any atom is 0.224 e. The van der Waals surface area contributed by atoms with Crippen molar-refractivity contribution in [2.45, 2.75) is 0 Å². The van der Waals surface area contributed by atoms with Gasteiger partial charge < -0.3 is 5.32 Å². The first-order chi connectivity index (χ1) is 8.60. The quantitative estimate of drug-likeness (QED) is 0.855. The number of rotatable bonds is 2. The third-order valence-corrected chi connectivity index (χ3v) is 2.75. The number of nitrogens with one attached hydrogen (secondary N) is 1. The summed E-state index contributed by atoms with van der Waals surface area (Å²) in [5.41, 5.74) is 0.799. The van der Waals surface area contributed by atoms with Gasteiger partial charge in [0, 0.05) is 4.47 Å². The third-order valence-electron chi connectivity index (χ3n) is 2.07. The van der Waals surface area contributed by atoms with E-state index >= 15 is 0 Å². The number of anilines is 2. The molecule has 18 heavy (non-hydrogen) atoms. The molecule has 2 aromatic rings. The minimum absolute atomic E-state index is 0.0765. The molecule has 1 aromatic carbocycles. The fraction of sp³-hybridized carbons (Fsp3) is 0. The van der Waals surface area contributed by atoms with Crippen LogP contribution < -0.4 is 5.32 Å². The first-order valence-corrected chi connectivity index (χ1v) is 5.92. The molecular formula is C11H5BrClFN4. The lowest BCUT2D eigenvalue weighted by Crippen LogP contribution is -2.00. The Kier molecular flexibility index (Phi) is 3.75. The molecular weight excluding hydrogens is 323 g/mol. The zero-order valence-electron chi connectivity index (χ0n) is 8.78. The lowest BCUT2D eigenvalue weighted by atomic mass is 10.2. The number of aromatic nitrogens is 2. The maximum absolute atomic E-state index is 13.5. The highest BCUT2D eigenvalue weighted by Crippen LogP contribution is 2.25. The molecule has 1 aromatic heterocycles. The third kappa shape index (κ3) is 2.75. The minimum atomic E-state index is -0.650. The molecule has 1 N–H and O–H groups in total. The largest absolute Gasteiger partial charge is 0.337 e. The normalized spacial score (nSPS) is 9.89. The first-order valence-electron chi connectivity index (χ1n) is 4.75. The topological polar surface area (TPSA) is 61.6 Å². The van der Waals surface area contributed by atoms with Crippen LogP contribution in [0, 0.1) is 17.1 Å². The lowest BCUT2D eigenvalue weighted by Gasteiger charge is -2.08. The van der Waals surface area contributed by atoms with Gasteiger partial charge in [-0.25, -0.2) is 9.37 Å². The van der Waals surface area contributed by atoms with Crippen LogP contribution in [0.2, 0.25) is 5.28 Å². The van der Waals surface area contributed by atoms with Crippen molar-refractivity contribution in [3.8, 4) is 6.07 Å².